The second-order valence-corrected chi connectivity index (χ2v) is 5.34. The SMILES string of the molecule is NCCCCCC(N)O[PH](=O)c1ccccc1. The van der Waals surface area contributed by atoms with Crippen LogP contribution < -0.4 is 16.8 Å². The first-order chi connectivity index (χ1) is 8.24. The van der Waals surface area contributed by atoms with Crippen LogP contribution >= 0.6 is 8.03 Å². The lowest BCUT2D eigenvalue weighted by Gasteiger charge is -2.12. The van der Waals surface area contributed by atoms with E-state index in [0.29, 0.717) is 6.54 Å². The van der Waals surface area contributed by atoms with Gasteiger partial charge in [-0.3, -0.25) is 4.57 Å². The highest BCUT2D eigenvalue weighted by atomic mass is 31.1. The molecule has 0 radical (unpaired) electrons. The normalized spacial score (nSPS) is 14.5. The molecule has 2 atom stereocenters. The molecule has 5 heteroatoms. The summed E-state index contributed by atoms with van der Waals surface area (Å²) in [6.45, 7) is 0.705. The van der Waals surface area contributed by atoms with Gasteiger partial charge in [0, 0.05) is 5.30 Å². The third kappa shape index (κ3) is 5.99. The van der Waals surface area contributed by atoms with Crippen LogP contribution in [0.1, 0.15) is 25.7 Å². The minimum absolute atomic E-state index is 0.445. The summed E-state index contributed by atoms with van der Waals surface area (Å²) < 4.78 is 17.1. The first-order valence-corrected chi connectivity index (χ1v) is 7.27. The van der Waals surface area contributed by atoms with Crippen molar-refractivity contribution >= 4 is 13.3 Å². The maximum Gasteiger partial charge on any atom is 0.222 e. The van der Waals surface area contributed by atoms with Gasteiger partial charge in [0.15, 0.2) is 0 Å². The Morgan fingerprint density at radius 3 is 2.53 bits per heavy atom. The fraction of sp³-hybridized carbons (Fsp3) is 0.500. The molecule has 4 N–H and O–H groups in total. The van der Waals surface area contributed by atoms with Gasteiger partial charge in [0.2, 0.25) is 8.03 Å². The highest BCUT2D eigenvalue weighted by Crippen LogP contribution is 2.23. The molecule has 2 unspecified atom stereocenters. The van der Waals surface area contributed by atoms with Crippen molar-refractivity contribution in [3.63, 3.8) is 0 Å². The molecule has 1 rings (SSSR count). The standard InChI is InChI=1S/C12H21N2O2P/c13-10-6-2-5-9-12(14)16-17(15)11-7-3-1-4-8-11/h1,3-4,7-8,12,17H,2,5-6,9-10,13-14H2. The van der Waals surface area contributed by atoms with Gasteiger partial charge in [0.05, 0.1) is 0 Å². The number of hydrogen-bond acceptors (Lipinski definition) is 4. The van der Waals surface area contributed by atoms with Crippen molar-refractivity contribution in [2.24, 2.45) is 11.5 Å². The van der Waals surface area contributed by atoms with Crippen LogP contribution in [0.5, 0.6) is 0 Å². The molecule has 0 aliphatic heterocycles. The molecule has 1 aromatic rings. The van der Waals surface area contributed by atoms with Gasteiger partial charge in [0.25, 0.3) is 0 Å². The van der Waals surface area contributed by atoms with E-state index in [1.165, 1.54) is 0 Å². The zero-order chi connectivity index (χ0) is 12.5. The molecule has 0 aromatic heterocycles. The molecule has 4 nitrogen and oxygen atoms in total. The molecule has 0 amide bonds. The van der Waals surface area contributed by atoms with Gasteiger partial charge in [-0.15, -0.1) is 0 Å². The van der Waals surface area contributed by atoms with Crippen molar-refractivity contribution in [2.75, 3.05) is 6.54 Å². The van der Waals surface area contributed by atoms with E-state index >= 15 is 0 Å². The summed E-state index contributed by atoms with van der Waals surface area (Å²) >= 11 is 0. The van der Waals surface area contributed by atoms with Crippen LogP contribution in [0.25, 0.3) is 0 Å². The summed E-state index contributed by atoms with van der Waals surface area (Å²) in [5, 5.41) is 0.718. The Labute approximate surface area is 103 Å². The molecule has 0 fully saturated rings. The van der Waals surface area contributed by atoms with Crippen LogP contribution in [0.15, 0.2) is 30.3 Å². The van der Waals surface area contributed by atoms with E-state index in [2.05, 4.69) is 0 Å². The van der Waals surface area contributed by atoms with Crippen LogP contribution in [0, 0.1) is 0 Å². The molecule has 1 aromatic carbocycles. The first kappa shape index (κ1) is 14.4. The Balaban J connectivity index is 2.26. The quantitative estimate of drug-likeness (QED) is 0.421. The number of hydrogen-bond donors (Lipinski definition) is 2. The second kappa shape index (κ2) is 8.43. The predicted molar refractivity (Wildman–Crippen MR) is 71.7 cm³/mol. The van der Waals surface area contributed by atoms with Crippen molar-refractivity contribution in [2.45, 2.75) is 31.9 Å². The Morgan fingerprint density at radius 2 is 1.88 bits per heavy atom. The topological polar surface area (TPSA) is 78.3 Å². The Morgan fingerprint density at radius 1 is 1.18 bits per heavy atom. The fourth-order valence-electron chi connectivity index (χ4n) is 1.51. The number of rotatable bonds is 8. The lowest BCUT2D eigenvalue weighted by molar-refractivity contribution is 0.210. The number of benzene rings is 1. The Bertz CT molecular complexity index is 333. The molecule has 0 saturated carbocycles. The average Bonchev–Trinajstić information content (AvgIpc) is 2.36. The van der Waals surface area contributed by atoms with Crippen molar-refractivity contribution in [1.29, 1.82) is 0 Å². The summed E-state index contributed by atoms with van der Waals surface area (Å²) in [6.07, 6.45) is 3.28. The van der Waals surface area contributed by atoms with E-state index in [0.717, 1.165) is 31.0 Å². The van der Waals surface area contributed by atoms with E-state index in [9.17, 15) is 4.57 Å². The molecule has 0 aliphatic carbocycles. The van der Waals surface area contributed by atoms with E-state index in [-0.39, 0.29) is 0 Å². The van der Waals surface area contributed by atoms with E-state index in [1.807, 2.05) is 18.2 Å². The summed E-state index contributed by atoms with van der Waals surface area (Å²) in [5.74, 6) is 0. The van der Waals surface area contributed by atoms with Gasteiger partial charge in [-0.05, 0) is 37.9 Å². The lowest BCUT2D eigenvalue weighted by atomic mass is 10.2. The third-order valence-corrected chi connectivity index (χ3v) is 3.78. The molecule has 17 heavy (non-hydrogen) atoms. The molecule has 0 aliphatic rings. The van der Waals surface area contributed by atoms with Gasteiger partial charge in [-0.2, -0.15) is 0 Å². The molecule has 0 saturated heterocycles. The zero-order valence-electron chi connectivity index (χ0n) is 9.97. The van der Waals surface area contributed by atoms with Crippen LogP contribution in [0.4, 0.5) is 0 Å². The second-order valence-electron chi connectivity index (χ2n) is 3.95. The fourth-order valence-corrected chi connectivity index (χ4v) is 2.50. The molecular weight excluding hydrogens is 235 g/mol. The van der Waals surface area contributed by atoms with Gasteiger partial charge < -0.3 is 16.0 Å². The van der Waals surface area contributed by atoms with Crippen LogP contribution in [-0.4, -0.2) is 12.8 Å². The van der Waals surface area contributed by atoms with E-state index in [4.69, 9.17) is 16.0 Å². The minimum atomic E-state index is -2.21. The summed E-state index contributed by atoms with van der Waals surface area (Å²) in [5.41, 5.74) is 11.2. The third-order valence-electron chi connectivity index (χ3n) is 2.46. The number of nitrogens with two attached hydrogens (primary N) is 2. The molecule has 0 spiro atoms. The van der Waals surface area contributed by atoms with Crippen molar-refractivity contribution in [3.05, 3.63) is 30.3 Å². The van der Waals surface area contributed by atoms with Gasteiger partial charge >= 0.3 is 0 Å². The highest BCUT2D eigenvalue weighted by Gasteiger charge is 2.09. The van der Waals surface area contributed by atoms with Crippen LogP contribution in [0.3, 0.4) is 0 Å². The largest absolute Gasteiger partial charge is 0.330 e. The minimum Gasteiger partial charge on any atom is -0.330 e. The zero-order valence-corrected chi connectivity index (χ0v) is 11.0. The molecule has 0 bridgehead atoms. The maximum absolute atomic E-state index is 11.8. The van der Waals surface area contributed by atoms with Gasteiger partial charge in [0.1, 0.15) is 6.23 Å². The van der Waals surface area contributed by atoms with Crippen molar-refractivity contribution in [1.82, 2.24) is 0 Å². The summed E-state index contributed by atoms with van der Waals surface area (Å²) in [4.78, 5) is 0. The smallest absolute Gasteiger partial charge is 0.222 e. The van der Waals surface area contributed by atoms with Gasteiger partial charge in [-0.25, -0.2) is 0 Å². The van der Waals surface area contributed by atoms with Crippen molar-refractivity contribution in [3.8, 4) is 0 Å². The van der Waals surface area contributed by atoms with Gasteiger partial charge in [-0.1, -0.05) is 24.6 Å². The summed E-state index contributed by atoms with van der Waals surface area (Å²) in [7, 11) is -2.21. The van der Waals surface area contributed by atoms with Crippen molar-refractivity contribution < 1.29 is 9.09 Å². The summed E-state index contributed by atoms with van der Waals surface area (Å²) in [6, 6.07) is 9.15. The predicted octanol–water partition coefficient (Wildman–Crippen LogP) is 1.61. The molecule has 96 valence electrons. The Hall–Kier alpha value is -0.670. The first-order valence-electron chi connectivity index (χ1n) is 5.95. The molecule has 0 heterocycles. The highest BCUT2D eigenvalue weighted by molar-refractivity contribution is 7.48. The number of unbranched alkanes of at least 4 members (excludes halogenated alkanes) is 2. The van der Waals surface area contributed by atoms with Crippen LogP contribution in [0.2, 0.25) is 0 Å². The van der Waals surface area contributed by atoms with Crippen LogP contribution in [-0.2, 0) is 9.09 Å². The average molecular weight is 256 g/mol. The maximum atomic E-state index is 11.8. The van der Waals surface area contributed by atoms with E-state index < -0.39 is 14.3 Å². The Kier molecular flexibility index (Phi) is 7.13. The monoisotopic (exact) mass is 256 g/mol. The van der Waals surface area contributed by atoms with E-state index in [1.54, 1.807) is 12.1 Å². The lowest BCUT2D eigenvalue weighted by Crippen LogP contribution is -2.22. The molecular formula is C12H21N2O2P.